The van der Waals surface area contributed by atoms with E-state index in [1.165, 1.54) is 5.56 Å². The summed E-state index contributed by atoms with van der Waals surface area (Å²) in [6.07, 6.45) is 1.65. The molecule has 0 saturated heterocycles. The monoisotopic (exact) mass is 306 g/mol. The first-order valence-corrected chi connectivity index (χ1v) is 7.45. The van der Waals surface area contributed by atoms with Gasteiger partial charge in [0.1, 0.15) is 5.52 Å². The van der Waals surface area contributed by atoms with Crippen molar-refractivity contribution >= 4 is 16.9 Å². The lowest BCUT2D eigenvalue weighted by molar-refractivity contribution is 0.0958. The van der Waals surface area contributed by atoms with Crippen molar-refractivity contribution in [3.8, 4) is 0 Å². The normalized spacial score (nSPS) is 10.7. The summed E-state index contributed by atoms with van der Waals surface area (Å²) in [5.41, 5.74) is 4.58. The van der Waals surface area contributed by atoms with Crippen LogP contribution in [0.3, 0.4) is 0 Å². The minimum absolute atomic E-state index is 0.139. The fourth-order valence-electron chi connectivity index (χ4n) is 2.36. The molecular weight excluding hydrogens is 288 g/mol. The Hall–Kier alpha value is -2.95. The molecule has 5 heteroatoms. The second-order valence-corrected chi connectivity index (χ2v) is 5.43. The number of rotatable bonds is 5. The van der Waals surface area contributed by atoms with Crippen molar-refractivity contribution in [3.05, 3.63) is 71.8 Å². The van der Waals surface area contributed by atoms with Gasteiger partial charge in [0, 0.05) is 12.1 Å². The highest BCUT2D eigenvalue weighted by Crippen LogP contribution is 2.15. The standard InChI is InChI=1S/C18H18N4O/c1-3-10-19-18(23)15-8-9-17-16(11-15)20-21-22(17)12-14-6-4-13(2)5-7-14/h3-9,11H,1,10,12H2,2H3,(H,19,23). The third-order valence-electron chi connectivity index (χ3n) is 3.64. The highest BCUT2D eigenvalue weighted by atomic mass is 16.1. The summed E-state index contributed by atoms with van der Waals surface area (Å²) in [6.45, 7) is 6.74. The minimum atomic E-state index is -0.139. The van der Waals surface area contributed by atoms with Crippen LogP contribution in [0.1, 0.15) is 21.5 Å². The topological polar surface area (TPSA) is 59.8 Å². The van der Waals surface area contributed by atoms with Crippen LogP contribution in [0.2, 0.25) is 0 Å². The zero-order valence-electron chi connectivity index (χ0n) is 13.0. The molecule has 0 spiro atoms. The van der Waals surface area contributed by atoms with Gasteiger partial charge >= 0.3 is 0 Å². The van der Waals surface area contributed by atoms with Crippen LogP contribution in [-0.2, 0) is 6.54 Å². The Balaban J connectivity index is 1.85. The Morgan fingerprint density at radius 3 is 2.78 bits per heavy atom. The van der Waals surface area contributed by atoms with Gasteiger partial charge in [-0.2, -0.15) is 0 Å². The third-order valence-corrected chi connectivity index (χ3v) is 3.64. The number of carbonyl (C=O) groups is 1. The lowest BCUT2D eigenvalue weighted by Crippen LogP contribution is -2.23. The van der Waals surface area contributed by atoms with Gasteiger partial charge in [0.25, 0.3) is 5.91 Å². The second-order valence-electron chi connectivity index (χ2n) is 5.43. The number of nitrogens with zero attached hydrogens (tertiary/aromatic N) is 3. The maximum Gasteiger partial charge on any atom is 0.251 e. The van der Waals surface area contributed by atoms with Crippen LogP contribution in [0.5, 0.6) is 0 Å². The van der Waals surface area contributed by atoms with Gasteiger partial charge in [0.2, 0.25) is 0 Å². The number of amides is 1. The van der Waals surface area contributed by atoms with Crippen molar-refractivity contribution in [2.45, 2.75) is 13.5 Å². The van der Waals surface area contributed by atoms with Gasteiger partial charge in [0.15, 0.2) is 0 Å². The molecule has 23 heavy (non-hydrogen) atoms. The van der Waals surface area contributed by atoms with E-state index in [-0.39, 0.29) is 5.91 Å². The largest absolute Gasteiger partial charge is 0.349 e. The first kappa shape index (κ1) is 15.0. The van der Waals surface area contributed by atoms with E-state index in [0.29, 0.717) is 24.2 Å². The fraction of sp³-hybridized carbons (Fsp3) is 0.167. The van der Waals surface area contributed by atoms with Crippen molar-refractivity contribution in [3.63, 3.8) is 0 Å². The van der Waals surface area contributed by atoms with Crippen molar-refractivity contribution < 1.29 is 4.79 Å². The van der Waals surface area contributed by atoms with Crippen molar-refractivity contribution in [2.75, 3.05) is 6.54 Å². The van der Waals surface area contributed by atoms with Crippen LogP contribution in [0.4, 0.5) is 0 Å². The van der Waals surface area contributed by atoms with E-state index in [9.17, 15) is 4.79 Å². The average Bonchev–Trinajstić information content (AvgIpc) is 2.97. The van der Waals surface area contributed by atoms with Gasteiger partial charge in [-0.25, -0.2) is 4.68 Å². The summed E-state index contributed by atoms with van der Waals surface area (Å²) < 4.78 is 1.84. The summed E-state index contributed by atoms with van der Waals surface area (Å²) in [5.74, 6) is -0.139. The van der Waals surface area contributed by atoms with Gasteiger partial charge in [-0.15, -0.1) is 11.7 Å². The van der Waals surface area contributed by atoms with Gasteiger partial charge < -0.3 is 5.32 Å². The van der Waals surface area contributed by atoms with E-state index in [4.69, 9.17) is 0 Å². The number of nitrogens with one attached hydrogen (secondary N) is 1. The maximum absolute atomic E-state index is 12.0. The quantitative estimate of drug-likeness (QED) is 0.737. The molecule has 1 amide bonds. The number of benzene rings is 2. The minimum Gasteiger partial charge on any atom is -0.349 e. The van der Waals surface area contributed by atoms with Crippen molar-refractivity contribution in [2.24, 2.45) is 0 Å². The number of hydrogen-bond donors (Lipinski definition) is 1. The maximum atomic E-state index is 12.0. The molecule has 0 unspecified atom stereocenters. The zero-order chi connectivity index (χ0) is 16.2. The lowest BCUT2D eigenvalue weighted by Gasteiger charge is -2.04. The van der Waals surface area contributed by atoms with Gasteiger partial charge in [-0.3, -0.25) is 4.79 Å². The molecule has 0 aliphatic carbocycles. The number of fused-ring (bicyclic) bond motifs is 1. The van der Waals surface area contributed by atoms with E-state index in [1.54, 1.807) is 18.2 Å². The first-order valence-electron chi connectivity index (χ1n) is 7.45. The van der Waals surface area contributed by atoms with E-state index >= 15 is 0 Å². The van der Waals surface area contributed by atoms with Crippen LogP contribution in [0.15, 0.2) is 55.1 Å². The van der Waals surface area contributed by atoms with Gasteiger partial charge in [-0.05, 0) is 30.7 Å². The second kappa shape index (κ2) is 6.44. The molecule has 0 aliphatic rings. The first-order chi connectivity index (χ1) is 11.2. The van der Waals surface area contributed by atoms with Crippen LogP contribution in [0.25, 0.3) is 11.0 Å². The molecule has 0 atom stereocenters. The molecule has 5 nitrogen and oxygen atoms in total. The molecule has 3 aromatic rings. The lowest BCUT2D eigenvalue weighted by atomic mass is 10.1. The highest BCUT2D eigenvalue weighted by molar-refractivity contribution is 5.97. The van der Waals surface area contributed by atoms with E-state index < -0.39 is 0 Å². The molecule has 0 aliphatic heterocycles. The molecule has 1 aromatic heterocycles. The molecule has 0 fully saturated rings. The molecule has 116 valence electrons. The van der Waals surface area contributed by atoms with Crippen LogP contribution >= 0.6 is 0 Å². The molecular formula is C18H18N4O. The summed E-state index contributed by atoms with van der Waals surface area (Å²) in [6, 6.07) is 13.8. The highest BCUT2D eigenvalue weighted by Gasteiger charge is 2.10. The fourth-order valence-corrected chi connectivity index (χ4v) is 2.36. The SMILES string of the molecule is C=CCNC(=O)c1ccc2c(c1)nnn2Cc1ccc(C)cc1. The number of hydrogen-bond acceptors (Lipinski definition) is 3. The molecule has 1 N–H and O–H groups in total. The number of aromatic nitrogens is 3. The Morgan fingerprint density at radius 1 is 1.26 bits per heavy atom. The van der Waals surface area contributed by atoms with Crippen molar-refractivity contribution in [1.29, 1.82) is 0 Å². The Morgan fingerprint density at radius 2 is 2.04 bits per heavy atom. The van der Waals surface area contributed by atoms with E-state index in [2.05, 4.69) is 53.4 Å². The summed E-state index contributed by atoms with van der Waals surface area (Å²) in [7, 11) is 0. The Labute approximate surface area is 134 Å². The van der Waals surface area contributed by atoms with Crippen molar-refractivity contribution in [1.82, 2.24) is 20.3 Å². The van der Waals surface area contributed by atoms with Crippen LogP contribution in [-0.4, -0.2) is 27.4 Å². The molecule has 2 aromatic carbocycles. The van der Waals surface area contributed by atoms with Gasteiger partial charge in [0.05, 0.1) is 12.1 Å². The third kappa shape index (κ3) is 3.29. The average molecular weight is 306 g/mol. The summed E-state index contributed by atoms with van der Waals surface area (Å²) in [5, 5.41) is 11.1. The van der Waals surface area contributed by atoms with Crippen LogP contribution < -0.4 is 5.32 Å². The van der Waals surface area contributed by atoms with E-state index in [0.717, 1.165) is 11.1 Å². The predicted octanol–water partition coefficient (Wildman–Crippen LogP) is 2.70. The summed E-state index contributed by atoms with van der Waals surface area (Å²) >= 11 is 0. The molecule has 0 bridgehead atoms. The van der Waals surface area contributed by atoms with Gasteiger partial charge in [-0.1, -0.05) is 41.1 Å². The Bertz CT molecular complexity index is 849. The molecule has 3 rings (SSSR count). The number of carbonyl (C=O) groups excluding carboxylic acids is 1. The number of aryl methyl sites for hydroxylation is 1. The Kier molecular flexibility index (Phi) is 4.19. The van der Waals surface area contributed by atoms with E-state index in [1.807, 2.05) is 10.7 Å². The molecule has 1 heterocycles. The smallest absolute Gasteiger partial charge is 0.251 e. The summed E-state index contributed by atoms with van der Waals surface area (Å²) in [4.78, 5) is 12.0. The predicted molar refractivity (Wildman–Crippen MR) is 90.3 cm³/mol. The zero-order valence-corrected chi connectivity index (χ0v) is 13.0. The molecule has 0 saturated carbocycles. The molecule has 0 radical (unpaired) electrons. The van der Waals surface area contributed by atoms with Crippen LogP contribution in [0, 0.1) is 6.92 Å².